The van der Waals surface area contributed by atoms with E-state index >= 15 is 4.39 Å². The van der Waals surface area contributed by atoms with Crippen molar-refractivity contribution in [3.8, 4) is 5.75 Å². The molecule has 5 aromatic rings. The van der Waals surface area contributed by atoms with Crippen molar-refractivity contribution >= 4 is 23.8 Å². The highest BCUT2D eigenvalue weighted by atomic mass is 19.1. The summed E-state index contributed by atoms with van der Waals surface area (Å²) in [5.41, 5.74) is -2.80. The third kappa shape index (κ3) is 7.40. The van der Waals surface area contributed by atoms with Crippen LogP contribution in [0.25, 0.3) is 0 Å². The average Bonchev–Trinajstić information content (AvgIpc) is 3.75. The van der Waals surface area contributed by atoms with Crippen LogP contribution in [0.4, 0.5) is 4.39 Å². The first kappa shape index (κ1) is 36.6. The minimum atomic E-state index is -1.55. The fourth-order valence-corrected chi connectivity index (χ4v) is 6.34. The Bertz CT molecular complexity index is 2510. The van der Waals surface area contributed by atoms with Crippen LogP contribution in [0.2, 0.25) is 0 Å². The number of carbonyl (C=O) groups is 4. The zero-order valence-corrected chi connectivity index (χ0v) is 28.8. The maximum atomic E-state index is 15.2. The summed E-state index contributed by atoms with van der Waals surface area (Å²) < 4.78 is 44.1. The van der Waals surface area contributed by atoms with Gasteiger partial charge in [-0.15, -0.1) is 0 Å². The van der Waals surface area contributed by atoms with Crippen molar-refractivity contribution < 1.29 is 47.3 Å². The van der Waals surface area contributed by atoms with Gasteiger partial charge in [-0.25, -0.2) is 14.4 Å². The molecule has 55 heavy (non-hydrogen) atoms. The summed E-state index contributed by atoms with van der Waals surface area (Å²) in [5.74, 6) is -5.27. The minimum absolute atomic E-state index is 0.0399. The van der Waals surface area contributed by atoms with Crippen molar-refractivity contribution in [1.29, 1.82) is 0 Å². The number of nitrogens with one attached hydrogen (secondary N) is 1. The van der Waals surface area contributed by atoms with Gasteiger partial charge in [0, 0.05) is 30.7 Å². The van der Waals surface area contributed by atoms with E-state index in [1.54, 1.807) is 18.2 Å². The first-order chi connectivity index (χ1) is 26.5. The highest BCUT2D eigenvalue weighted by Crippen LogP contribution is 2.38. The molecule has 0 aliphatic carbocycles. The molecule has 0 bridgehead atoms. The van der Waals surface area contributed by atoms with Crippen molar-refractivity contribution in [1.82, 2.24) is 14.1 Å². The Labute approximate surface area is 309 Å². The van der Waals surface area contributed by atoms with Gasteiger partial charge in [-0.3, -0.25) is 23.7 Å². The largest absolute Gasteiger partial charge is 0.463 e. The number of aromatic amines is 1. The lowest BCUT2D eigenvalue weighted by Crippen LogP contribution is -2.46. The Morgan fingerprint density at radius 3 is 2.45 bits per heavy atom. The van der Waals surface area contributed by atoms with Crippen LogP contribution in [0.3, 0.4) is 0 Å². The molecule has 3 aromatic carbocycles. The predicted molar refractivity (Wildman–Crippen MR) is 187 cm³/mol. The first-order valence-corrected chi connectivity index (χ1v) is 16.9. The lowest BCUT2D eigenvalue weighted by Gasteiger charge is -2.18. The molecule has 0 amide bonds. The standard InChI is InChI=1S/C39H30FN3O12/c1-21(44)51-20-30-29(52-19-22-8-3-2-4-9-22)17-31(53-30)42-18-27(40)36(47)43(39(42)50)35(46)23-10-7-11-24(16-23)37(48)54-28-14-15-41-34(45)32(28)33-25-12-5-6-13-26(25)38(49)55-33/h2-16,18,29-31,33H,17,19-20H2,1H3,(H,41,45)/t29-,30+,31+,33?/m0/s1. The number of benzene rings is 3. The number of H-pyrrole nitrogens is 1. The molecule has 2 aromatic heterocycles. The Hall–Kier alpha value is -6.78. The lowest BCUT2D eigenvalue weighted by molar-refractivity contribution is -0.148. The summed E-state index contributed by atoms with van der Waals surface area (Å²) in [5, 5.41) is 0. The summed E-state index contributed by atoms with van der Waals surface area (Å²) in [6.45, 7) is 1.10. The zero-order valence-electron chi connectivity index (χ0n) is 28.8. The molecule has 2 aliphatic rings. The Balaban J connectivity index is 1.14. The normalized spacial score (nSPS) is 18.7. The highest BCUT2D eigenvalue weighted by molar-refractivity contribution is 5.99. The number of ether oxygens (including phenoxy) is 5. The van der Waals surface area contributed by atoms with E-state index in [-0.39, 0.29) is 52.2 Å². The summed E-state index contributed by atoms with van der Waals surface area (Å²) in [7, 11) is 0. The van der Waals surface area contributed by atoms with Crippen molar-refractivity contribution in [3.63, 3.8) is 0 Å². The summed E-state index contributed by atoms with van der Waals surface area (Å²) in [6, 6.07) is 21.6. The fraction of sp³-hybridized carbons (Fsp3) is 0.205. The molecule has 4 heterocycles. The molecule has 0 spiro atoms. The van der Waals surface area contributed by atoms with E-state index in [2.05, 4.69) is 4.98 Å². The monoisotopic (exact) mass is 751 g/mol. The number of fused-ring (bicyclic) bond motifs is 1. The number of carbonyl (C=O) groups excluding carboxylic acids is 4. The van der Waals surface area contributed by atoms with Gasteiger partial charge >= 0.3 is 23.6 Å². The van der Waals surface area contributed by atoms with Crippen LogP contribution in [0.15, 0.2) is 112 Å². The van der Waals surface area contributed by atoms with Crippen molar-refractivity contribution in [3.05, 3.63) is 168 Å². The molecule has 4 atom stereocenters. The van der Waals surface area contributed by atoms with Gasteiger partial charge in [-0.2, -0.15) is 8.96 Å². The summed E-state index contributed by atoms with van der Waals surface area (Å²) in [6.07, 6.45) is -2.24. The van der Waals surface area contributed by atoms with Crippen LogP contribution in [0.1, 0.15) is 73.4 Å². The van der Waals surface area contributed by atoms with Crippen LogP contribution in [0.5, 0.6) is 5.75 Å². The van der Waals surface area contributed by atoms with Gasteiger partial charge in [0.05, 0.1) is 30.0 Å². The van der Waals surface area contributed by atoms with Gasteiger partial charge in [0.2, 0.25) is 5.82 Å². The smallest absolute Gasteiger partial charge is 0.343 e. The van der Waals surface area contributed by atoms with E-state index in [0.717, 1.165) is 16.2 Å². The lowest BCUT2D eigenvalue weighted by atomic mass is 10.00. The molecule has 0 saturated carbocycles. The molecule has 15 nitrogen and oxygen atoms in total. The number of halogens is 1. The van der Waals surface area contributed by atoms with E-state index in [9.17, 15) is 33.6 Å². The van der Waals surface area contributed by atoms with Crippen LogP contribution < -0.4 is 21.5 Å². The van der Waals surface area contributed by atoms with Gasteiger partial charge in [0.1, 0.15) is 30.3 Å². The highest BCUT2D eigenvalue weighted by Gasteiger charge is 2.40. The van der Waals surface area contributed by atoms with E-state index in [1.807, 2.05) is 30.3 Å². The second kappa shape index (κ2) is 15.3. The Morgan fingerprint density at radius 2 is 1.67 bits per heavy atom. The second-order valence-corrected chi connectivity index (χ2v) is 12.5. The number of rotatable bonds is 10. The second-order valence-electron chi connectivity index (χ2n) is 12.5. The molecule has 1 fully saturated rings. The van der Waals surface area contributed by atoms with Crippen molar-refractivity contribution in [2.24, 2.45) is 0 Å². The third-order valence-corrected chi connectivity index (χ3v) is 8.98. The van der Waals surface area contributed by atoms with Gasteiger partial charge in [0.25, 0.3) is 17.0 Å². The maximum Gasteiger partial charge on any atom is 0.343 e. The van der Waals surface area contributed by atoms with E-state index < -0.39 is 71.0 Å². The molecule has 1 unspecified atom stereocenters. The van der Waals surface area contributed by atoms with Crippen molar-refractivity contribution in [2.45, 2.75) is 44.5 Å². The number of pyridine rings is 1. The zero-order chi connectivity index (χ0) is 38.8. The van der Waals surface area contributed by atoms with Crippen LogP contribution in [-0.2, 0) is 30.3 Å². The molecular formula is C39H30FN3O12. The molecular weight excluding hydrogens is 721 g/mol. The predicted octanol–water partition coefficient (Wildman–Crippen LogP) is 3.44. The molecule has 0 radical (unpaired) electrons. The van der Waals surface area contributed by atoms with E-state index in [1.165, 1.54) is 43.5 Å². The van der Waals surface area contributed by atoms with Crippen molar-refractivity contribution in [2.75, 3.05) is 6.61 Å². The van der Waals surface area contributed by atoms with Gasteiger partial charge in [0.15, 0.2) is 6.10 Å². The molecule has 7 rings (SSSR count). The third-order valence-electron chi connectivity index (χ3n) is 8.98. The van der Waals surface area contributed by atoms with Gasteiger partial charge < -0.3 is 28.7 Å². The number of hydrogen-bond acceptors (Lipinski definition) is 12. The van der Waals surface area contributed by atoms with Crippen LogP contribution in [-0.4, -0.2) is 56.7 Å². The number of aromatic nitrogens is 3. The quantitative estimate of drug-likeness (QED) is 0.205. The number of esters is 3. The van der Waals surface area contributed by atoms with E-state index in [0.29, 0.717) is 11.8 Å². The minimum Gasteiger partial charge on any atom is -0.463 e. The van der Waals surface area contributed by atoms with E-state index in [4.69, 9.17) is 23.7 Å². The molecule has 280 valence electrons. The fourth-order valence-electron chi connectivity index (χ4n) is 6.34. The first-order valence-electron chi connectivity index (χ1n) is 16.9. The molecule has 1 saturated heterocycles. The number of cyclic esters (lactones) is 1. The van der Waals surface area contributed by atoms with Gasteiger partial charge in [-0.05, 0) is 35.9 Å². The SMILES string of the molecule is CC(=O)OC[C@H]1O[C@@H](n2cc(F)c(=O)n(C(=O)c3cccc(C(=O)Oc4cc[nH]c(=O)c4C4OC(=O)c5ccccc54)c3)c2=O)C[C@@H]1OCc1ccccc1. The average molecular weight is 752 g/mol. The number of nitrogens with zero attached hydrogens (tertiary/aromatic N) is 2. The maximum absolute atomic E-state index is 15.2. The summed E-state index contributed by atoms with van der Waals surface area (Å²) in [4.78, 5) is 93.3. The molecule has 16 heteroatoms. The topological polar surface area (TPSA) is 191 Å². The Morgan fingerprint density at radius 1 is 0.927 bits per heavy atom. The van der Waals surface area contributed by atoms with Gasteiger partial charge in [-0.1, -0.05) is 54.6 Å². The molecule has 1 N–H and O–H groups in total. The summed E-state index contributed by atoms with van der Waals surface area (Å²) >= 11 is 0. The number of hydrogen-bond donors (Lipinski definition) is 1. The van der Waals surface area contributed by atoms with Crippen LogP contribution >= 0.6 is 0 Å². The Kier molecular flexibility index (Phi) is 10.2. The molecule has 2 aliphatic heterocycles. The van der Waals surface area contributed by atoms with Crippen LogP contribution in [0, 0.1) is 5.82 Å².